The first-order valence-corrected chi connectivity index (χ1v) is 7.97. The molecule has 2 amide bonds. The average molecular weight is 302 g/mol. The molecular formula is C18H26N2O2. The van der Waals surface area contributed by atoms with E-state index in [1.54, 1.807) is 11.8 Å². The van der Waals surface area contributed by atoms with Crippen molar-refractivity contribution < 1.29 is 9.59 Å². The molecule has 1 aliphatic rings. The van der Waals surface area contributed by atoms with Gasteiger partial charge in [0.1, 0.15) is 0 Å². The van der Waals surface area contributed by atoms with Gasteiger partial charge in [-0.2, -0.15) is 0 Å². The molecule has 120 valence electrons. The molecule has 4 nitrogen and oxygen atoms in total. The Morgan fingerprint density at radius 2 is 1.95 bits per heavy atom. The molecule has 1 fully saturated rings. The number of carbonyl (C=O) groups excluding carboxylic acids is 2. The van der Waals surface area contributed by atoms with E-state index >= 15 is 0 Å². The predicted octanol–water partition coefficient (Wildman–Crippen LogP) is 2.91. The molecule has 0 bridgehead atoms. The van der Waals surface area contributed by atoms with Gasteiger partial charge in [-0.3, -0.25) is 9.59 Å². The second-order valence-corrected chi connectivity index (χ2v) is 6.54. The highest BCUT2D eigenvalue weighted by Gasteiger charge is 2.34. The maximum Gasteiger partial charge on any atom is 0.232 e. The highest BCUT2D eigenvalue weighted by molar-refractivity contribution is 5.97. The molecule has 1 aromatic rings. The highest BCUT2D eigenvalue weighted by atomic mass is 16.2. The van der Waals surface area contributed by atoms with Crippen molar-refractivity contribution in [2.24, 2.45) is 5.92 Å². The van der Waals surface area contributed by atoms with Crippen LogP contribution in [-0.4, -0.2) is 35.8 Å². The number of nitrogens with zero attached hydrogens (tertiary/aromatic N) is 2. The monoisotopic (exact) mass is 302 g/mol. The third-order valence-electron chi connectivity index (χ3n) is 4.36. The minimum Gasteiger partial charge on any atom is -0.342 e. The molecule has 0 aromatic heterocycles. The van der Waals surface area contributed by atoms with E-state index in [1.807, 2.05) is 32.6 Å². The van der Waals surface area contributed by atoms with Crippen molar-refractivity contribution in [2.45, 2.75) is 47.1 Å². The van der Waals surface area contributed by atoms with Gasteiger partial charge in [-0.15, -0.1) is 0 Å². The fourth-order valence-electron chi connectivity index (χ4n) is 3.07. The van der Waals surface area contributed by atoms with Crippen molar-refractivity contribution in [1.82, 2.24) is 4.90 Å². The van der Waals surface area contributed by atoms with E-state index in [4.69, 9.17) is 0 Å². The van der Waals surface area contributed by atoms with Gasteiger partial charge in [-0.25, -0.2) is 0 Å². The molecule has 1 aromatic carbocycles. The summed E-state index contributed by atoms with van der Waals surface area (Å²) in [5.74, 6) is 0.0943. The summed E-state index contributed by atoms with van der Waals surface area (Å²) in [5, 5.41) is 0. The van der Waals surface area contributed by atoms with Crippen LogP contribution in [0, 0.1) is 19.8 Å². The normalized spacial score (nSPS) is 17.9. The van der Waals surface area contributed by atoms with E-state index < -0.39 is 0 Å². The van der Waals surface area contributed by atoms with E-state index in [1.165, 1.54) is 0 Å². The van der Waals surface area contributed by atoms with Crippen LogP contribution in [0.2, 0.25) is 0 Å². The van der Waals surface area contributed by atoms with Crippen LogP contribution in [0.5, 0.6) is 0 Å². The molecular weight excluding hydrogens is 276 g/mol. The molecule has 0 N–H and O–H groups in total. The zero-order valence-electron chi connectivity index (χ0n) is 14.2. The highest BCUT2D eigenvalue weighted by Crippen LogP contribution is 2.28. The van der Waals surface area contributed by atoms with Gasteiger partial charge >= 0.3 is 0 Å². The Morgan fingerprint density at radius 1 is 1.27 bits per heavy atom. The molecule has 1 heterocycles. The number of amides is 2. The van der Waals surface area contributed by atoms with Crippen molar-refractivity contribution >= 4 is 17.5 Å². The summed E-state index contributed by atoms with van der Waals surface area (Å²) in [5.41, 5.74) is 3.24. The van der Waals surface area contributed by atoms with Gasteiger partial charge in [-0.1, -0.05) is 12.1 Å². The summed E-state index contributed by atoms with van der Waals surface area (Å²) in [7, 11) is 0. The van der Waals surface area contributed by atoms with Gasteiger partial charge < -0.3 is 9.80 Å². The number of aryl methyl sites for hydroxylation is 2. The molecule has 1 aliphatic heterocycles. The third kappa shape index (κ3) is 3.32. The van der Waals surface area contributed by atoms with Crippen molar-refractivity contribution in [2.75, 3.05) is 18.0 Å². The van der Waals surface area contributed by atoms with Crippen LogP contribution in [0.3, 0.4) is 0 Å². The van der Waals surface area contributed by atoms with Gasteiger partial charge in [0, 0.05) is 31.7 Å². The summed E-state index contributed by atoms with van der Waals surface area (Å²) in [6, 6.07) is 6.29. The summed E-state index contributed by atoms with van der Waals surface area (Å²) < 4.78 is 0. The average Bonchev–Trinajstić information content (AvgIpc) is 2.92. The van der Waals surface area contributed by atoms with Crippen molar-refractivity contribution in [3.8, 4) is 0 Å². The summed E-state index contributed by atoms with van der Waals surface area (Å²) >= 11 is 0. The van der Waals surface area contributed by atoms with Crippen LogP contribution in [0.15, 0.2) is 18.2 Å². The van der Waals surface area contributed by atoms with Crippen LogP contribution >= 0.6 is 0 Å². The van der Waals surface area contributed by atoms with Crippen molar-refractivity contribution in [3.05, 3.63) is 29.3 Å². The molecule has 1 atom stereocenters. The molecule has 0 spiro atoms. The number of hydrogen-bond donors (Lipinski definition) is 0. The standard InChI is InChI=1S/C18H26N2O2/c1-12(2)20(17-10-13(3)6-7-14(17)4)18(22)16-8-9-19(11-16)15(5)21/h6-7,10,12,16H,8-9,11H2,1-5H3. The van der Waals surface area contributed by atoms with Crippen molar-refractivity contribution in [1.29, 1.82) is 0 Å². The lowest BCUT2D eigenvalue weighted by Gasteiger charge is -2.31. The van der Waals surface area contributed by atoms with E-state index in [2.05, 4.69) is 18.2 Å². The zero-order chi connectivity index (χ0) is 16.4. The Kier molecular flexibility index (Phi) is 4.89. The van der Waals surface area contributed by atoms with Gasteiger partial charge in [-0.05, 0) is 51.3 Å². The minimum atomic E-state index is -0.0915. The largest absolute Gasteiger partial charge is 0.342 e. The Balaban J connectivity index is 2.27. The smallest absolute Gasteiger partial charge is 0.232 e. The fourth-order valence-corrected chi connectivity index (χ4v) is 3.07. The molecule has 4 heteroatoms. The first-order valence-electron chi connectivity index (χ1n) is 7.97. The molecule has 1 unspecified atom stereocenters. The van der Waals surface area contributed by atoms with Crippen LogP contribution in [0.1, 0.15) is 38.3 Å². The topological polar surface area (TPSA) is 40.6 Å². The molecule has 2 rings (SSSR count). The second-order valence-electron chi connectivity index (χ2n) is 6.54. The van der Waals surface area contributed by atoms with Crippen LogP contribution in [-0.2, 0) is 9.59 Å². The van der Waals surface area contributed by atoms with E-state index in [0.717, 1.165) is 23.2 Å². The Morgan fingerprint density at radius 3 is 2.50 bits per heavy atom. The molecule has 1 saturated heterocycles. The number of likely N-dealkylation sites (tertiary alicyclic amines) is 1. The second kappa shape index (κ2) is 6.51. The molecule has 0 aliphatic carbocycles. The lowest BCUT2D eigenvalue weighted by molar-refractivity contribution is -0.128. The quantitative estimate of drug-likeness (QED) is 0.861. The maximum atomic E-state index is 13.0. The first-order chi connectivity index (χ1) is 10.3. The zero-order valence-corrected chi connectivity index (χ0v) is 14.2. The molecule has 22 heavy (non-hydrogen) atoms. The number of carbonyl (C=O) groups is 2. The van der Waals surface area contributed by atoms with E-state index in [0.29, 0.717) is 13.1 Å². The Hall–Kier alpha value is -1.84. The maximum absolute atomic E-state index is 13.0. The SMILES string of the molecule is CC(=O)N1CCC(C(=O)N(c2cc(C)ccc2C)C(C)C)C1. The van der Waals surface area contributed by atoms with Gasteiger partial charge in [0.2, 0.25) is 11.8 Å². The first kappa shape index (κ1) is 16.5. The van der Waals surface area contributed by atoms with Gasteiger partial charge in [0.15, 0.2) is 0 Å². The lowest BCUT2D eigenvalue weighted by atomic mass is 10.0. The number of benzene rings is 1. The summed E-state index contributed by atoms with van der Waals surface area (Å²) in [4.78, 5) is 28.2. The number of hydrogen-bond acceptors (Lipinski definition) is 2. The number of anilines is 1. The summed E-state index contributed by atoms with van der Waals surface area (Å²) in [6.45, 7) is 11.0. The lowest BCUT2D eigenvalue weighted by Crippen LogP contribution is -2.42. The van der Waals surface area contributed by atoms with Gasteiger partial charge in [0.05, 0.1) is 5.92 Å². The van der Waals surface area contributed by atoms with Gasteiger partial charge in [0.25, 0.3) is 0 Å². The third-order valence-corrected chi connectivity index (χ3v) is 4.36. The molecule has 0 saturated carbocycles. The van der Waals surface area contributed by atoms with Crippen molar-refractivity contribution in [3.63, 3.8) is 0 Å². The van der Waals surface area contributed by atoms with E-state index in [-0.39, 0.29) is 23.8 Å². The Bertz CT molecular complexity index is 580. The minimum absolute atomic E-state index is 0.0538. The summed E-state index contributed by atoms with van der Waals surface area (Å²) in [6.07, 6.45) is 0.756. The van der Waals surface area contributed by atoms with Crippen LogP contribution in [0.4, 0.5) is 5.69 Å². The fraction of sp³-hybridized carbons (Fsp3) is 0.556. The van der Waals surface area contributed by atoms with E-state index in [9.17, 15) is 9.59 Å². The predicted molar refractivity (Wildman–Crippen MR) is 88.9 cm³/mol. The number of rotatable bonds is 3. The molecule has 0 radical (unpaired) electrons. The van der Waals surface area contributed by atoms with Crippen LogP contribution < -0.4 is 4.90 Å². The van der Waals surface area contributed by atoms with Crippen LogP contribution in [0.25, 0.3) is 0 Å². The Labute approximate surface area is 133 Å².